The van der Waals surface area contributed by atoms with Crippen molar-refractivity contribution in [2.75, 3.05) is 20.3 Å². The predicted octanol–water partition coefficient (Wildman–Crippen LogP) is 4.54. The van der Waals surface area contributed by atoms with Crippen LogP contribution in [-0.4, -0.2) is 31.2 Å². The van der Waals surface area contributed by atoms with Crippen LogP contribution in [0, 0.1) is 0 Å². The normalized spacial score (nSPS) is 15.0. The third-order valence-electron chi connectivity index (χ3n) is 5.29. The van der Waals surface area contributed by atoms with Crippen molar-refractivity contribution < 1.29 is 9.47 Å². The fourth-order valence-electron chi connectivity index (χ4n) is 3.17. The number of nitrogens with one attached hydrogen (secondary N) is 1. The molecule has 1 N–H and O–H groups in total. The standard InChI is InChI=1S/C23H32N2O2/c1-17(2)25(4)16-21-9-6-5-8-20(21)15-24-18(3)19-10-11-22-23(14-19)27-13-7-12-26-22/h5-6,8-11,14,17-18,24H,7,12-13,15-16H2,1-4H3/t18-/m0/s1. The lowest BCUT2D eigenvalue weighted by Gasteiger charge is -2.23. The minimum absolute atomic E-state index is 0.234. The second-order valence-corrected chi connectivity index (χ2v) is 7.64. The Hall–Kier alpha value is -2.04. The van der Waals surface area contributed by atoms with Crippen molar-refractivity contribution in [2.45, 2.75) is 52.4 Å². The van der Waals surface area contributed by atoms with Crippen LogP contribution >= 0.6 is 0 Å². The monoisotopic (exact) mass is 368 g/mol. The van der Waals surface area contributed by atoms with Crippen molar-refractivity contribution in [3.05, 3.63) is 59.2 Å². The van der Waals surface area contributed by atoms with Gasteiger partial charge in [0.1, 0.15) is 0 Å². The summed E-state index contributed by atoms with van der Waals surface area (Å²) in [6.45, 7) is 9.91. The van der Waals surface area contributed by atoms with Crippen LogP contribution < -0.4 is 14.8 Å². The van der Waals surface area contributed by atoms with Crippen LogP contribution in [0.2, 0.25) is 0 Å². The van der Waals surface area contributed by atoms with Gasteiger partial charge in [-0.05, 0) is 56.6 Å². The maximum absolute atomic E-state index is 5.83. The summed E-state index contributed by atoms with van der Waals surface area (Å²) in [7, 11) is 2.18. The molecule has 4 heteroatoms. The largest absolute Gasteiger partial charge is 0.490 e. The van der Waals surface area contributed by atoms with E-state index in [2.05, 4.69) is 74.4 Å². The summed E-state index contributed by atoms with van der Waals surface area (Å²) in [6.07, 6.45) is 0.930. The molecular weight excluding hydrogens is 336 g/mol. The number of benzene rings is 2. The fraction of sp³-hybridized carbons (Fsp3) is 0.478. The van der Waals surface area contributed by atoms with Crippen LogP contribution in [0.4, 0.5) is 0 Å². The van der Waals surface area contributed by atoms with Gasteiger partial charge >= 0.3 is 0 Å². The van der Waals surface area contributed by atoms with Crippen LogP contribution in [0.1, 0.15) is 49.9 Å². The summed E-state index contributed by atoms with van der Waals surface area (Å²) in [5, 5.41) is 3.67. The lowest BCUT2D eigenvalue weighted by Crippen LogP contribution is -2.27. The molecule has 0 spiro atoms. The average Bonchev–Trinajstić information content (AvgIpc) is 2.91. The van der Waals surface area contributed by atoms with Gasteiger partial charge in [-0.25, -0.2) is 0 Å². The molecule has 0 amide bonds. The highest BCUT2D eigenvalue weighted by molar-refractivity contribution is 5.44. The Morgan fingerprint density at radius 3 is 2.41 bits per heavy atom. The van der Waals surface area contributed by atoms with Crippen molar-refractivity contribution in [3.8, 4) is 11.5 Å². The Balaban J connectivity index is 1.66. The predicted molar refractivity (Wildman–Crippen MR) is 110 cm³/mol. The molecule has 0 bridgehead atoms. The van der Waals surface area contributed by atoms with E-state index in [1.165, 1.54) is 16.7 Å². The molecule has 0 fully saturated rings. The smallest absolute Gasteiger partial charge is 0.161 e. The topological polar surface area (TPSA) is 33.7 Å². The van der Waals surface area contributed by atoms with Crippen LogP contribution in [0.25, 0.3) is 0 Å². The van der Waals surface area contributed by atoms with E-state index < -0.39 is 0 Å². The SMILES string of the molecule is CC(C)N(C)Cc1ccccc1CN[C@@H](C)c1ccc2c(c1)OCCCO2. The molecule has 0 radical (unpaired) electrons. The minimum Gasteiger partial charge on any atom is -0.490 e. The van der Waals surface area contributed by atoms with Gasteiger partial charge in [0.25, 0.3) is 0 Å². The van der Waals surface area contributed by atoms with Crippen molar-refractivity contribution in [3.63, 3.8) is 0 Å². The van der Waals surface area contributed by atoms with Crippen LogP contribution in [0.3, 0.4) is 0 Å². The fourth-order valence-corrected chi connectivity index (χ4v) is 3.17. The number of rotatable bonds is 7. The summed E-state index contributed by atoms with van der Waals surface area (Å²) < 4.78 is 11.6. The van der Waals surface area contributed by atoms with E-state index in [9.17, 15) is 0 Å². The van der Waals surface area contributed by atoms with E-state index >= 15 is 0 Å². The Morgan fingerprint density at radius 2 is 1.67 bits per heavy atom. The highest BCUT2D eigenvalue weighted by Gasteiger charge is 2.14. The first-order valence-electron chi connectivity index (χ1n) is 9.94. The average molecular weight is 369 g/mol. The first-order chi connectivity index (χ1) is 13.0. The van der Waals surface area contributed by atoms with Crippen molar-refractivity contribution in [1.29, 1.82) is 0 Å². The van der Waals surface area contributed by atoms with E-state index in [4.69, 9.17) is 9.47 Å². The number of fused-ring (bicyclic) bond motifs is 1. The summed E-state index contributed by atoms with van der Waals surface area (Å²) >= 11 is 0. The molecule has 1 aliphatic rings. The summed E-state index contributed by atoms with van der Waals surface area (Å²) in [4.78, 5) is 2.37. The summed E-state index contributed by atoms with van der Waals surface area (Å²) in [5.41, 5.74) is 3.95. The molecule has 3 rings (SSSR count). The summed E-state index contributed by atoms with van der Waals surface area (Å²) in [6, 6.07) is 15.7. The molecule has 27 heavy (non-hydrogen) atoms. The Bertz CT molecular complexity index is 745. The van der Waals surface area contributed by atoms with E-state index in [0.717, 1.165) is 44.2 Å². The Labute approximate surface area is 163 Å². The molecule has 1 heterocycles. The van der Waals surface area contributed by atoms with Gasteiger partial charge in [-0.2, -0.15) is 0 Å². The molecule has 0 saturated carbocycles. The molecule has 0 aromatic heterocycles. The van der Waals surface area contributed by atoms with Gasteiger partial charge in [-0.3, -0.25) is 4.90 Å². The number of nitrogens with zero attached hydrogens (tertiary/aromatic N) is 1. The quantitative estimate of drug-likeness (QED) is 0.778. The van der Waals surface area contributed by atoms with Crippen LogP contribution in [-0.2, 0) is 13.1 Å². The van der Waals surface area contributed by atoms with E-state index in [1.54, 1.807) is 0 Å². The van der Waals surface area contributed by atoms with E-state index in [0.29, 0.717) is 6.04 Å². The van der Waals surface area contributed by atoms with Gasteiger partial charge in [0, 0.05) is 31.6 Å². The van der Waals surface area contributed by atoms with Crippen molar-refractivity contribution >= 4 is 0 Å². The van der Waals surface area contributed by atoms with Crippen LogP contribution in [0.15, 0.2) is 42.5 Å². The van der Waals surface area contributed by atoms with Crippen LogP contribution in [0.5, 0.6) is 11.5 Å². The maximum atomic E-state index is 5.83. The molecule has 1 atom stereocenters. The molecule has 1 aliphatic heterocycles. The highest BCUT2D eigenvalue weighted by Crippen LogP contribution is 2.32. The molecule has 146 valence electrons. The zero-order valence-electron chi connectivity index (χ0n) is 17.0. The van der Waals surface area contributed by atoms with Crippen molar-refractivity contribution in [2.24, 2.45) is 0 Å². The molecule has 2 aromatic carbocycles. The molecule has 0 unspecified atom stereocenters. The lowest BCUT2D eigenvalue weighted by molar-refractivity contribution is 0.265. The molecule has 0 saturated heterocycles. The van der Waals surface area contributed by atoms with Gasteiger partial charge in [0.05, 0.1) is 13.2 Å². The third-order valence-corrected chi connectivity index (χ3v) is 5.29. The third kappa shape index (κ3) is 5.24. The van der Waals surface area contributed by atoms with E-state index in [1.807, 2.05) is 6.07 Å². The number of ether oxygens (including phenoxy) is 2. The summed E-state index contributed by atoms with van der Waals surface area (Å²) in [5.74, 6) is 1.71. The molecule has 2 aromatic rings. The zero-order chi connectivity index (χ0) is 19.2. The van der Waals surface area contributed by atoms with Gasteiger partial charge in [0.2, 0.25) is 0 Å². The van der Waals surface area contributed by atoms with Gasteiger partial charge < -0.3 is 14.8 Å². The first kappa shape index (κ1) is 19.7. The second kappa shape index (κ2) is 9.25. The number of hydrogen-bond acceptors (Lipinski definition) is 4. The maximum Gasteiger partial charge on any atom is 0.161 e. The first-order valence-corrected chi connectivity index (χ1v) is 9.94. The minimum atomic E-state index is 0.234. The van der Waals surface area contributed by atoms with E-state index in [-0.39, 0.29) is 6.04 Å². The number of hydrogen-bond donors (Lipinski definition) is 1. The lowest BCUT2D eigenvalue weighted by atomic mass is 10.0. The van der Waals surface area contributed by atoms with Gasteiger partial charge in [-0.15, -0.1) is 0 Å². The Morgan fingerprint density at radius 1 is 0.963 bits per heavy atom. The molecule has 0 aliphatic carbocycles. The zero-order valence-corrected chi connectivity index (χ0v) is 17.0. The molecule has 4 nitrogen and oxygen atoms in total. The highest BCUT2D eigenvalue weighted by atomic mass is 16.5. The molecular formula is C23H32N2O2. The van der Waals surface area contributed by atoms with Gasteiger partial charge in [-0.1, -0.05) is 30.3 Å². The Kier molecular flexibility index (Phi) is 6.75. The van der Waals surface area contributed by atoms with Gasteiger partial charge in [0.15, 0.2) is 11.5 Å². The second-order valence-electron chi connectivity index (χ2n) is 7.64. The van der Waals surface area contributed by atoms with Crippen molar-refractivity contribution in [1.82, 2.24) is 10.2 Å².